The highest BCUT2D eigenvalue weighted by molar-refractivity contribution is 6.34. The fourth-order valence-electron chi connectivity index (χ4n) is 3.98. The monoisotopic (exact) mass is 466 g/mol. The van der Waals surface area contributed by atoms with Gasteiger partial charge in [0.05, 0.1) is 19.6 Å². The normalized spacial score (nSPS) is 17.2. The number of hydrogen-bond acceptors (Lipinski definition) is 6. The number of benzene rings is 2. The van der Waals surface area contributed by atoms with Crippen molar-refractivity contribution in [3.63, 3.8) is 0 Å². The molecule has 34 heavy (non-hydrogen) atoms. The lowest BCUT2D eigenvalue weighted by atomic mass is 10.0. The average Bonchev–Trinajstić information content (AvgIpc) is 3.24. The second-order valence-electron chi connectivity index (χ2n) is 8.52. The molecule has 1 saturated heterocycles. The number of carbonyl (C=O) groups is 3. The van der Waals surface area contributed by atoms with Crippen molar-refractivity contribution in [2.24, 2.45) is 11.7 Å². The average molecular weight is 467 g/mol. The van der Waals surface area contributed by atoms with Crippen LogP contribution in [0.2, 0.25) is 0 Å². The zero-order chi connectivity index (χ0) is 24.8. The summed E-state index contributed by atoms with van der Waals surface area (Å²) < 4.78 is 10.7. The van der Waals surface area contributed by atoms with Crippen LogP contribution in [0.1, 0.15) is 18.4 Å². The van der Waals surface area contributed by atoms with Gasteiger partial charge in [-0.05, 0) is 35.6 Å². The number of hydrogen-bond donors (Lipinski definition) is 2. The van der Waals surface area contributed by atoms with Crippen molar-refractivity contribution >= 4 is 23.6 Å². The van der Waals surface area contributed by atoms with Crippen LogP contribution >= 0.6 is 0 Å². The van der Waals surface area contributed by atoms with E-state index in [1.165, 1.54) is 31.0 Å². The Morgan fingerprint density at radius 3 is 2.18 bits per heavy atom. The van der Waals surface area contributed by atoms with Crippen molar-refractivity contribution in [2.75, 3.05) is 34.4 Å². The van der Waals surface area contributed by atoms with Crippen molar-refractivity contribution in [1.82, 2.24) is 9.80 Å². The fraction of sp³-hybridized carbons (Fsp3) is 0.360. The summed E-state index contributed by atoms with van der Waals surface area (Å²) in [6.07, 6.45) is 0.728. The van der Waals surface area contributed by atoms with E-state index in [1.807, 2.05) is 36.4 Å². The maximum absolute atomic E-state index is 12.7. The van der Waals surface area contributed by atoms with E-state index in [-0.39, 0.29) is 36.8 Å². The van der Waals surface area contributed by atoms with Gasteiger partial charge >= 0.3 is 17.8 Å². The molecular formula is C25H30N4O5. The third-order valence-corrected chi connectivity index (χ3v) is 5.86. The molecule has 0 unspecified atom stereocenters. The molecule has 0 spiro atoms. The van der Waals surface area contributed by atoms with Gasteiger partial charge in [0, 0.05) is 26.2 Å². The maximum atomic E-state index is 12.7. The summed E-state index contributed by atoms with van der Waals surface area (Å²) in [5.74, 6) is -0.993. The molecule has 0 bridgehead atoms. The number of likely N-dealkylation sites (tertiary alicyclic amines) is 1. The van der Waals surface area contributed by atoms with E-state index < -0.39 is 11.8 Å². The fourth-order valence-corrected chi connectivity index (χ4v) is 3.98. The van der Waals surface area contributed by atoms with Crippen LogP contribution in [0.3, 0.4) is 0 Å². The molecule has 1 fully saturated rings. The minimum Gasteiger partial charge on any atom is -0.491 e. The molecule has 2 atom stereocenters. The number of nitrogen functional groups attached to an aromatic ring is 1. The molecule has 1 aliphatic heterocycles. The summed E-state index contributed by atoms with van der Waals surface area (Å²) in [7, 11) is 4.39. The van der Waals surface area contributed by atoms with Crippen molar-refractivity contribution in [3.8, 4) is 16.9 Å². The highest BCUT2D eigenvalue weighted by Crippen LogP contribution is 2.28. The Balaban J connectivity index is 1.67. The minimum absolute atomic E-state index is 0.0239. The van der Waals surface area contributed by atoms with Crippen LogP contribution in [0.15, 0.2) is 48.5 Å². The van der Waals surface area contributed by atoms with Crippen LogP contribution in [0.25, 0.3) is 11.1 Å². The van der Waals surface area contributed by atoms with Crippen LogP contribution in [0.5, 0.6) is 5.75 Å². The lowest BCUT2D eigenvalue weighted by Crippen LogP contribution is -2.46. The highest BCUT2D eigenvalue weighted by Gasteiger charge is 2.39. The number of amidine groups is 1. The van der Waals surface area contributed by atoms with E-state index >= 15 is 0 Å². The number of rotatable bonds is 7. The molecule has 0 radical (unpaired) electrons. The molecule has 0 aliphatic carbocycles. The van der Waals surface area contributed by atoms with Crippen molar-refractivity contribution in [3.05, 3.63) is 54.1 Å². The van der Waals surface area contributed by atoms with E-state index in [9.17, 15) is 14.4 Å². The van der Waals surface area contributed by atoms with Crippen molar-refractivity contribution in [1.29, 1.82) is 5.41 Å². The molecule has 3 N–H and O–H groups in total. The molecule has 2 amide bonds. The standard InChI is InChI=1S/C25H30N4O5/c1-28(2)24(31)25(32)29-14-16(13-22(30)33-3)12-20(29)15-34-21-10-8-18(9-11-21)17-4-6-19(7-5-17)23(26)27/h4-11,16,20H,12-15H2,1-3H3,(H3,26,27)/t16-,20-/m0/s1. The van der Waals surface area contributed by atoms with Crippen molar-refractivity contribution < 1.29 is 23.9 Å². The first-order valence-electron chi connectivity index (χ1n) is 11.0. The molecule has 1 heterocycles. The van der Waals surface area contributed by atoms with Gasteiger partial charge in [0.15, 0.2) is 0 Å². The number of methoxy groups -OCH3 is 1. The Morgan fingerprint density at radius 1 is 1.06 bits per heavy atom. The Morgan fingerprint density at radius 2 is 1.65 bits per heavy atom. The topological polar surface area (TPSA) is 126 Å². The van der Waals surface area contributed by atoms with Gasteiger partial charge in [0.25, 0.3) is 0 Å². The van der Waals surface area contributed by atoms with Gasteiger partial charge in [0.2, 0.25) is 0 Å². The smallest absolute Gasteiger partial charge is 0.312 e. The van der Waals surface area contributed by atoms with Gasteiger partial charge in [-0.15, -0.1) is 0 Å². The van der Waals surface area contributed by atoms with Gasteiger partial charge in [-0.1, -0.05) is 36.4 Å². The third-order valence-electron chi connectivity index (χ3n) is 5.86. The van der Waals surface area contributed by atoms with Crippen LogP contribution < -0.4 is 10.5 Å². The number of nitrogens with one attached hydrogen (secondary N) is 1. The van der Waals surface area contributed by atoms with E-state index in [1.54, 1.807) is 12.1 Å². The Hall–Kier alpha value is -3.88. The Bertz CT molecular complexity index is 1050. The van der Waals surface area contributed by atoms with Gasteiger partial charge in [-0.3, -0.25) is 19.8 Å². The molecular weight excluding hydrogens is 436 g/mol. The molecule has 2 aromatic rings. The SMILES string of the molecule is COC(=O)C[C@@H]1C[C@@H](COc2ccc(-c3ccc(C(=N)N)cc3)cc2)N(C(=O)C(=O)N(C)C)C1. The van der Waals surface area contributed by atoms with Crippen LogP contribution in [0.4, 0.5) is 0 Å². The molecule has 0 saturated carbocycles. The number of likely N-dealkylation sites (N-methyl/N-ethyl adjacent to an activating group) is 1. The van der Waals surface area contributed by atoms with Crippen LogP contribution in [-0.4, -0.2) is 73.8 Å². The van der Waals surface area contributed by atoms with E-state index in [2.05, 4.69) is 0 Å². The van der Waals surface area contributed by atoms with Gasteiger partial charge in [-0.2, -0.15) is 0 Å². The van der Waals surface area contributed by atoms with Crippen LogP contribution in [0, 0.1) is 11.3 Å². The summed E-state index contributed by atoms with van der Waals surface area (Å²) in [5.41, 5.74) is 8.13. The number of nitrogens with two attached hydrogens (primary N) is 1. The molecule has 0 aromatic heterocycles. The molecule has 9 heteroatoms. The zero-order valence-electron chi connectivity index (χ0n) is 19.6. The van der Waals surface area contributed by atoms with E-state index in [0.29, 0.717) is 24.3 Å². The number of ether oxygens (including phenoxy) is 2. The molecule has 180 valence electrons. The summed E-state index contributed by atoms with van der Waals surface area (Å²) in [5, 5.41) is 7.49. The first-order chi connectivity index (χ1) is 16.2. The Kier molecular flexibility index (Phi) is 7.88. The Labute approximate surface area is 198 Å². The predicted octanol–water partition coefficient (Wildman–Crippen LogP) is 1.88. The van der Waals surface area contributed by atoms with Crippen molar-refractivity contribution in [2.45, 2.75) is 18.9 Å². The first kappa shape index (κ1) is 24.8. The number of nitrogens with zero attached hydrogens (tertiary/aromatic N) is 2. The highest BCUT2D eigenvalue weighted by atomic mass is 16.5. The predicted molar refractivity (Wildman–Crippen MR) is 127 cm³/mol. The lowest BCUT2D eigenvalue weighted by Gasteiger charge is -2.25. The van der Waals surface area contributed by atoms with Gasteiger partial charge < -0.3 is 25.0 Å². The third kappa shape index (κ3) is 5.92. The second kappa shape index (κ2) is 10.8. The molecule has 3 rings (SSSR count). The quantitative estimate of drug-likeness (QED) is 0.278. The maximum Gasteiger partial charge on any atom is 0.312 e. The summed E-state index contributed by atoms with van der Waals surface area (Å²) in [6.45, 7) is 0.507. The summed E-state index contributed by atoms with van der Waals surface area (Å²) >= 11 is 0. The molecule has 1 aliphatic rings. The zero-order valence-corrected chi connectivity index (χ0v) is 19.6. The summed E-state index contributed by atoms with van der Waals surface area (Å²) in [4.78, 5) is 39.4. The number of esters is 1. The molecule has 9 nitrogen and oxygen atoms in total. The summed E-state index contributed by atoms with van der Waals surface area (Å²) in [6, 6.07) is 14.6. The number of carbonyl (C=O) groups excluding carboxylic acids is 3. The minimum atomic E-state index is -0.608. The molecule has 2 aromatic carbocycles. The second-order valence-corrected chi connectivity index (χ2v) is 8.52. The van der Waals surface area contributed by atoms with Gasteiger partial charge in [0.1, 0.15) is 18.2 Å². The number of amides is 2. The van der Waals surface area contributed by atoms with Crippen LogP contribution in [-0.2, 0) is 19.1 Å². The van der Waals surface area contributed by atoms with Gasteiger partial charge in [-0.25, -0.2) is 0 Å². The lowest BCUT2D eigenvalue weighted by molar-refractivity contribution is -0.151. The first-order valence-corrected chi connectivity index (χ1v) is 11.0. The largest absolute Gasteiger partial charge is 0.491 e. The van der Waals surface area contributed by atoms with E-state index in [0.717, 1.165) is 11.1 Å². The van der Waals surface area contributed by atoms with E-state index in [4.69, 9.17) is 20.6 Å².